The smallest absolute Gasteiger partial charge is 0.131 e. The minimum Gasteiger partial charge on any atom is -0.457 e. The summed E-state index contributed by atoms with van der Waals surface area (Å²) in [6.45, 7) is 4.10. The third kappa shape index (κ3) is 9.61. The Morgan fingerprint density at radius 2 is 0.635 bits per heavy atom. The second-order valence-electron chi connectivity index (χ2n) is 12.2. The minimum atomic E-state index is 0.689. The van der Waals surface area contributed by atoms with E-state index in [2.05, 4.69) is 9.98 Å². The molecule has 0 aliphatic rings. The van der Waals surface area contributed by atoms with E-state index in [0.29, 0.717) is 34.5 Å². The molecule has 254 valence electrons. The maximum Gasteiger partial charge on any atom is 0.131 e. The monoisotopic (exact) mass is 680 g/mol. The number of aryl methyl sites for hydroxylation is 2. The third-order valence-corrected chi connectivity index (χ3v) is 7.91. The molecule has 0 aliphatic heterocycles. The Morgan fingerprint density at radius 3 is 0.981 bits per heavy atom. The van der Waals surface area contributed by atoms with E-state index in [9.17, 15) is 0 Å². The molecule has 7 aromatic carbocycles. The molecule has 7 aromatic rings. The minimum absolute atomic E-state index is 0.689. The van der Waals surface area contributed by atoms with E-state index in [-0.39, 0.29) is 0 Å². The average molecular weight is 681 g/mol. The molecular formula is C46H36N2O4. The molecule has 0 fully saturated rings. The van der Waals surface area contributed by atoms with Gasteiger partial charge < -0.3 is 18.9 Å². The zero-order valence-corrected chi connectivity index (χ0v) is 28.8. The highest BCUT2D eigenvalue weighted by molar-refractivity contribution is 5.88. The Hall–Kier alpha value is -6.92. The molecule has 0 saturated heterocycles. The van der Waals surface area contributed by atoms with Crippen molar-refractivity contribution in [2.45, 2.75) is 13.8 Å². The first-order valence-electron chi connectivity index (χ1n) is 16.9. The van der Waals surface area contributed by atoms with E-state index in [1.807, 2.05) is 196 Å². The molecule has 0 amide bonds. The van der Waals surface area contributed by atoms with Crippen LogP contribution >= 0.6 is 0 Å². The molecule has 6 heteroatoms. The van der Waals surface area contributed by atoms with E-state index in [4.69, 9.17) is 18.9 Å². The van der Waals surface area contributed by atoms with E-state index < -0.39 is 0 Å². The van der Waals surface area contributed by atoms with Gasteiger partial charge in [-0.25, -0.2) is 0 Å². The summed E-state index contributed by atoms with van der Waals surface area (Å²) >= 11 is 0. The van der Waals surface area contributed by atoms with Gasteiger partial charge in [0.15, 0.2) is 0 Å². The van der Waals surface area contributed by atoms with Gasteiger partial charge in [-0.15, -0.1) is 0 Å². The zero-order valence-electron chi connectivity index (χ0n) is 28.8. The second kappa shape index (κ2) is 16.2. The van der Waals surface area contributed by atoms with Crippen molar-refractivity contribution >= 4 is 23.8 Å². The molecule has 0 aromatic heterocycles. The second-order valence-corrected chi connectivity index (χ2v) is 12.2. The predicted octanol–water partition coefficient (Wildman–Crippen LogP) is 13.0. The zero-order chi connectivity index (χ0) is 35.5. The van der Waals surface area contributed by atoms with Crippen LogP contribution in [0.4, 0.5) is 11.4 Å². The van der Waals surface area contributed by atoms with Crippen LogP contribution in [0.3, 0.4) is 0 Å². The van der Waals surface area contributed by atoms with Crippen molar-refractivity contribution in [2.75, 3.05) is 0 Å². The normalized spacial score (nSPS) is 11.1. The molecule has 0 radical (unpaired) electrons. The fourth-order valence-corrected chi connectivity index (χ4v) is 5.18. The van der Waals surface area contributed by atoms with Crippen molar-refractivity contribution in [1.29, 1.82) is 0 Å². The molecule has 0 atom stereocenters. The van der Waals surface area contributed by atoms with Gasteiger partial charge in [-0.1, -0.05) is 65.7 Å². The quantitative estimate of drug-likeness (QED) is 0.121. The van der Waals surface area contributed by atoms with Gasteiger partial charge in [0.25, 0.3) is 0 Å². The Bertz CT molecular complexity index is 2130. The number of hydrogen-bond donors (Lipinski definition) is 0. The fourth-order valence-electron chi connectivity index (χ4n) is 5.18. The van der Waals surface area contributed by atoms with E-state index in [1.165, 1.54) is 11.1 Å². The SMILES string of the molecule is Cc1ccc(Oc2cccc(Oc3ccc(N=Cc4cccc(C=Nc5ccc(Oc6cccc(Oc7ccc(C)cc7)c6)cc5)c4)cc3)c2)cc1. The highest BCUT2D eigenvalue weighted by Crippen LogP contribution is 2.31. The number of benzene rings is 7. The first kappa shape index (κ1) is 33.6. The topological polar surface area (TPSA) is 61.6 Å². The van der Waals surface area contributed by atoms with Crippen molar-refractivity contribution in [3.63, 3.8) is 0 Å². The highest BCUT2D eigenvalue weighted by atomic mass is 16.5. The van der Waals surface area contributed by atoms with E-state index in [1.54, 1.807) is 0 Å². The third-order valence-electron chi connectivity index (χ3n) is 7.91. The number of ether oxygens (including phenoxy) is 4. The summed E-state index contributed by atoms with van der Waals surface area (Å²) in [6.07, 6.45) is 3.68. The molecule has 0 spiro atoms. The van der Waals surface area contributed by atoms with Gasteiger partial charge in [0, 0.05) is 24.6 Å². The lowest BCUT2D eigenvalue weighted by atomic mass is 10.1. The van der Waals surface area contributed by atoms with Crippen molar-refractivity contribution in [3.05, 3.63) is 192 Å². The summed E-state index contributed by atoms with van der Waals surface area (Å²) in [7, 11) is 0. The van der Waals surface area contributed by atoms with Crippen molar-refractivity contribution in [2.24, 2.45) is 9.98 Å². The van der Waals surface area contributed by atoms with Gasteiger partial charge in [-0.2, -0.15) is 0 Å². The summed E-state index contributed by atoms with van der Waals surface area (Å²) in [6, 6.07) is 54.4. The first-order valence-corrected chi connectivity index (χ1v) is 16.9. The van der Waals surface area contributed by atoms with Crippen LogP contribution in [0.15, 0.2) is 180 Å². The van der Waals surface area contributed by atoms with Crippen LogP contribution in [0.1, 0.15) is 22.3 Å². The molecule has 0 aliphatic carbocycles. The van der Waals surface area contributed by atoms with Crippen LogP contribution < -0.4 is 18.9 Å². The van der Waals surface area contributed by atoms with Gasteiger partial charge in [-0.3, -0.25) is 9.98 Å². The number of aliphatic imine (C=N–C) groups is 2. The summed E-state index contributed by atoms with van der Waals surface area (Å²) in [4.78, 5) is 9.32. The largest absolute Gasteiger partial charge is 0.457 e. The number of hydrogen-bond acceptors (Lipinski definition) is 6. The van der Waals surface area contributed by atoms with Gasteiger partial charge in [0.05, 0.1) is 11.4 Å². The Kier molecular flexibility index (Phi) is 10.5. The lowest BCUT2D eigenvalue weighted by Gasteiger charge is -2.09. The van der Waals surface area contributed by atoms with Gasteiger partial charge in [0.1, 0.15) is 46.0 Å². The Morgan fingerprint density at radius 1 is 0.327 bits per heavy atom. The van der Waals surface area contributed by atoms with Crippen LogP contribution in [-0.4, -0.2) is 12.4 Å². The summed E-state index contributed by atoms with van der Waals surface area (Å²) in [5, 5.41) is 0. The van der Waals surface area contributed by atoms with Crippen molar-refractivity contribution in [1.82, 2.24) is 0 Å². The highest BCUT2D eigenvalue weighted by Gasteiger charge is 2.04. The number of rotatable bonds is 12. The number of nitrogens with zero attached hydrogens (tertiary/aromatic N) is 2. The molecule has 0 heterocycles. The molecule has 0 saturated carbocycles. The summed E-state index contributed by atoms with van der Waals surface area (Å²) in [5.41, 5.74) is 5.93. The Labute approximate surface area is 303 Å². The van der Waals surface area contributed by atoms with Gasteiger partial charge in [0.2, 0.25) is 0 Å². The maximum absolute atomic E-state index is 6.07. The predicted molar refractivity (Wildman–Crippen MR) is 209 cm³/mol. The lowest BCUT2D eigenvalue weighted by molar-refractivity contribution is 0.459. The van der Waals surface area contributed by atoms with Gasteiger partial charge in [-0.05, 0) is 128 Å². The van der Waals surface area contributed by atoms with E-state index >= 15 is 0 Å². The average Bonchev–Trinajstić information content (AvgIpc) is 3.17. The first-order chi connectivity index (χ1) is 25.5. The van der Waals surface area contributed by atoms with E-state index in [0.717, 1.165) is 34.0 Å². The van der Waals surface area contributed by atoms with Crippen LogP contribution in [-0.2, 0) is 0 Å². The van der Waals surface area contributed by atoms with Crippen LogP contribution in [0.25, 0.3) is 0 Å². The molecule has 0 bridgehead atoms. The van der Waals surface area contributed by atoms with Crippen LogP contribution in [0, 0.1) is 13.8 Å². The molecular weight excluding hydrogens is 645 g/mol. The standard InChI is InChI=1S/C46H36N2O4/c1-33-12-20-39(21-13-33)49-43-8-4-10-45(29-43)51-41-24-16-37(17-25-41)47-31-35-6-3-7-36(28-35)32-48-38-18-26-42(27-19-38)52-46-11-5-9-44(30-46)50-40-22-14-34(2)15-23-40/h3-32H,1-2H3. The molecule has 0 unspecified atom stereocenters. The Balaban J connectivity index is 0.919. The van der Waals surface area contributed by atoms with Gasteiger partial charge >= 0.3 is 0 Å². The lowest BCUT2D eigenvalue weighted by Crippen LogP contribution is -1.88. The maximum atomic E-state index is 6.07. The summed E-state index contributed by atoms with van der Waals surface area (Å²) < 4.78 is 24.1. The summed E-state index contributed by atoms with van der Waals surface area (Å²) in [5.74, 6) is 5.78. The van der Waals surface area contributed by atoms with Crippen LogP contribution in [0.5, 0.6) is 46.0 Å². The van der Waals surface area contributed by atoms with Crippen LogP contribution in [0.2, 0.25) is 0 Å². The fraction of sp³-hybridized carbons (Fsp3) is 0.0435. The van der Waals surface area contributed by atoms with Crippen molar-refractivity contribution < 1.29 is 18.9 Å². The molecule has 6 nitrogen and oxygen atoms in total. The van der Waals surface area contributed by atoms with Crippen molar-refractivity contribution in [3.8, 4) is 46.0 Å². The molecule has 52 heavy (non-hydrogen) atoms. The molecule has 0 N–H and O–H groups in total. The molecule has 7 rings (SSSR count).